The van der Waals surface area contributed by atoms with Crippen LogP contribution in [0, 0.1) is 17.8 Å². The molecule has 3 nitrogen and oxygen atoms in total. The first-order valence-corrected chi connectivity index (χ1v) is 10.8. The van der Waals surface area contributed by atoms with Crippen molar-refractivity contribution < 1.29 is 13.3 Å². The predicted molar refractivity (Wildman–Crippen MR) is 92.5 cm³/mol. The molecular formula is C17H38O3Si. The molecule has 0 spiro atoms. The van der Waals surface area contributed by atoms with Crippen LogP contribution in [0.3, 0.4) is 0 Å². The minimum Gasteiger partial charge on any atom is -0.373 e. The van der Waals surface area contributed by atoms with Gasteiger partial charge in [-0.15, -0.1) is 0 Å². The maximum Gasteiger partial charge on any atom is 0.500 e. The normalized spacial score (nSPS) is 19.0. The highest BCUT2D eigenvalue weighted by atomic mass is 28.4. The smallest absolute Gasteiger partial charge is 0.373 e. The van der Waals surface area contributed by atoms with Crippen molar-refractivity contribution in [2.75, 3.05) is 19.8 Å². The van der Waals surface area contributed by atoms with Gasteiger partial charge in [-0.2, -0.15) is 0 Å². The average Bonchev–Trinajstić information content (AvgIpc) is 2.53. The second kappa shape index (κ2) is 11.6. The zero-order valence-electron chi connectivity index (χ0n) is 15.4. The standard InChI is InChI=1S/C17H38O3Si/c1-8-15(5)12-18-21(11-4,19-13-16(6)9-2)20-14-17(7)10-3/h15-17H,8-14H2,1-7H3. The monoisotopic (exact) mass is 318 g/mol. The summed E-state index contributed by atoms with van der Waals surface area (Å²) in [7, 11) is -2.51. The van der Waals surface area contributed by atoms with Crippen molar-refractivity contribution in [3.8, 4) is 0 Å². The fraction of sp³-hybridized carbons (Fsp3) is 1.00. The van der Waals surface area contributed by atoms with Gasteiger partial charge in [-0.25, -0.2) is 0 Å². The fourth-order valence-electron chi connectivity index (χ4n) is 1.59. The molecule has 0 aromatic rings. The SMILES string of the molecule is CCC(C)CO[Si](CC)(OCC(C)CC)OCC(C)CC. The van der Waals surface area contributed by atoms with E-state index in [2.05, 4.69) is 48.5 Å². The van der Waals surface area contributed by atoms with Gasteiger partial charge >= 0.3 is 8.80 Å². The third kappa shape index (κ3) is 8.96. The minimum atomic E-state index is -2.51. The molecule has 21 heavy (non-hydrogen) atoms. The van der Waals surface area contributed by atoms with Gasteiger partial charge in [0.2, 0.25) is 0 Å². The van der Waals surface area contributed by atoms with Crippen LogP contribution in [0.1, 0.15) is 67.7 Å². The van der Waals surface area contributed by atoms with Crippen LogP contribution in [0.4, 0.5) is 0 Å². The Kier molecular flexibility index (Phi) is 11.7. The predicted octanol–water partition coefficient (Wildman–Crippen LogP) is 5.13. The third-order valence-electron chi connectivity index (χ3n) is 4.29. The summed E-state index contributed by atoms with van der Waals surface area (Å²) in [6.45, 7) is 17.6. The van der Waals surface area contributed by atoms with Crippen LogP contribution in [-0.4, -0.2) is 28.6 Å². The zero-order valence-corrected chi connectivity index (χ0v) is 16.4. The summed E-state index contributed by atoms with van der Waals surface area (Å²) >= 11 is 0. The average molecular weight is 319 g/mol. The molecule has 3 atom stereocenters. The van der Waals surface area contributed by atoms with Gasteiger partial charge in [-0.1, -0.05) is 67.7 Å². The summed E-state index contributed by atoms with van der Waals surface area (Å²) in [5, 5.41) is 0. The lowest BCUT2D eigenvalue weighted by Gasteiger charge is -2.31. The summed E-state index contributed by atoms with van der Waals surface area (Å²) in [6, 6.07) is 0.857. The van der Waals surface area contributed by atoms with Crippen LogP contribution in [-0.2, 0) is 13.3 Å². The van der Waals surface area contributed by atoms with Crippen molar-refractivity contribution in [1.82, 2.24) is 0 Å². The van der Waals surface area contributed by atoms with Gasteiger partial charge in [0.05, 0.1) is 0 Å². The second-order valence-electron chi connectivity index (χ2n) is 6.51. The van der Waals surface area contributed by atoms with Gasteiger partial charge < -0.3 is 13.3 Å². The molecule has 0 saturated heterocycles. The van der Waals surface area contributed by atoms with Crippen LogP contribution in [0.15, 0.2) is 0 Å². The maximum absolute atomic E-state index is 6.22. The number of hydrogen-bond acceptors (Lipinski definition) is 3. The van der Waals surface area contributed by atoms with E-state index in [0.717, 1.165) is 45.1 Å². The van der Waals surface area contributed by atoms with Crippen LogP contribution < -0.4 is 0 Å². The lowest BCUT2D eigenvalue weighted by Crippen LogP contribution is -2.47. The largest absolute Gasteiger partial charge is 0.500 e. The molecule has 0 heterocycles. The van der Waals surface area contributed by atoms with Gasteiger partial charge in [-0.3, -0.25) is 0 Å². The molecule has 0 aromatic heterocycles. The Hall–Kier alpha value is 0.0969. The van der Waals surface area contributed by atoms with Crippen molar-refractivity contribution in [3.63, 3.8) is 0 Å². The van der Waals surface area contributed by atoms with Gasteiger partial charge in [0.15, 0.2) is 0 Å². The maximum atomic E-state index is 6.22. The van der Waals surface area contributed by atoms with Crippen LogP contribution in [0.2, 0.25) is 6.04 Å². The summed E-state index contributed by atoms with van der Waals surface area (Å²) in [5.41, 5.74) is 0. The molecule has 3 unspecified atom stereocenters. The molecule has 0 fully saturated rings. The molecule has 0 aliphatic carbocycles. The highest BCUT2D eigenvalue weighted by Gasteiger charge is 2.40. The minimum absolute atomic E-state index is 0.558. The van der Waals surface area contributed by atoms with Crippen molar-refractivity contribution in [3.05, 3.63) is 0 Å². The lowest BCUT2D eigenvalue weighted by molar-refractivity contribution is 0.0327. The molecule has 4 heteroatoms. The van der Waals surface area contributed by atoms with E-state index < -0.39 is 8.80 Å². The lowest BCUT2D eigenvalue weighted by atomic mass is 10.1. The van der Waals surface area contributed by atoms with Gasteiger partial charge in [-0.05, 0) is 17.8 Å². The Labute approximate surface area is 134 Å². The van der Waals surface area contributed by atoms with Crippen LogP contribution in [0.25, 0.3) is 0 Å². The van der Waals surface area contributed by atoms with E-state index in [-0.39, 0.29) is 0 Å². The van der Waals surface area contributed by atoms with E-state index in [1.54, 1.807) is 0 Å². The molecule has 0 aliphatic heterocycles. The summed E-state index contributed by atoms with van der Waals surface area (Å²) in [4.78, 5) is 0. The van der Waals surface area contributed by atoms with Crippen molar-refractivity contribution >= 4 is 8.80 Å². The Balaban J connectivity index is 4.65. The Bertz CT molecular complexity index is 212. The molecule has 0 amide bonds. The fourth-order valence-corrected chi connectivity index (χ4v) is 4.07. The van der Waals surface area contributed by atoms with Crippen molar-refractivity contribution in [2.24, 2.45) is 17.8 Å². The molecule has 0 bridgehead atoms. The molecule has 128 valence electrons. The summed E-state index contributed by atoms with van der Waals surface area (Å²) in [5.74, 6) is 1.67. The van der Waals surface area contributed by atoms with Crippen molar-refractivity contribution in [1.29, 1.82) is 0 Å². The van der Waals surface area contributed by atoms with E-state index in [1.165, 1.54) is 0 Å². The molecular weight excluding hydrogens is 280 g/mol. The molecule has 0 aliphatic rings. The zero-order chi connectivity index (χ0) is 16.3. The van der Waals surface area contributed by atoms with Crippen LogP contribution in [0.5, 0.6) is 0 Å². The Morgan fingerprint density at radius 1 is 0.619 bits per heavy atom. The first-order valence-electron chi connectivity index (χ1n) is 8.84. The van der Waals surface area contributed by atoms with Gasteiger partial charge in [0.1, 0.15) is 0 Å². The highest BCUT2D eigenvalue weighted by Crippen LogP contribution is 2.21. The highest BCUT2D eigenvalue weighted by molar-refractivity contribution is 6.60. The Morgan fingerprint density at radius 2 is 0.905 bits per heavy atom. The summed E-state index contributed by atoms with van der Waals surface area (Å²) < 4.78 is 18.6. The van der Waals surface area contributed by atoms with E-state index in [9.17, 15) is 0 Å². The molecule has 0 radical (unpaired) electrons. The van der Waals surface area contributed by atoms with E-state index in [1.807, 2.05) is 0 Å². The molecule has 0 saturated carbocycles. The first kappa shape index (κ1) is 21.1. The third-order valence-corrected chi connectivity index (χ3v) is 6.97. The van der Waals surface area contributed by atoms with E-state index in [4.69, 9.17) is 13.3 Å². The van der Waals surface area contributed by atoms with Gasteiger partial charge in [0.25, 0.3) is 0 Å². The molecule has 0 aromatic carbocycles. The first-order chi connectivity index (χ1) is 9.92. The number of hydrogen-bond donors (Lipinski definition) is 0. The van der Waals surface area contributed by atoms with Crippen molar-refractivity contribution in [2.45, 2.75) is 73.8 Å². The number of rotatable bonds is 13. The van der Waals surface area contributed by atoms with E-state index in [0.29, 0.717) is 17.8 Å². The molecule has 0 rings (SSSR count). The summed E-state index contributed by atoms with van der Waals surface area (Å²) in [6.07, 6.45) is 3.39. The Morgan fingerprint density at radius 3 is 1.10 bits per heavy atom. The van der Waals surface area contributed by atoms with Crippen LogP contribution >= 0.6 is 0 Å². The van der Waals surface area contributed by atoms with Gasteiger partial charge in [0, 0.05) is 25.9 Å². The molecule has 0 N–H and O–H groups in total. The van der Waals surface area contributed by atoms with E-state index >= 15 is 0 Å². The second-order valence-corrected chi connectivity index (χ2v) is 9.45. The topological polar surface area (TPSA) is 27.7 Å². The quantitative estimate of drug-likeness (QED) is 0.440.